The van der Waals surface area contributed by atoms with Crippen LogP contribution in [0.15, 0.2) is 20.3 Å². The van der Waals surface area contributed by atoms with Gasteiger partial charge in [0.15, 0.2) is 0 Å². The molecule has 0 atom stereocenters. The molecule has 0 aromatic rings. The molecule has 0 bridgehead atoms. The Kier molecular flexibility index (Phi) is 3.78. The molecule has 0 aromatic carbocycles. The Morgan fingerprint density at radius 1 is 1.33 bits per heavy atom. The molecule has 0 rings (SSSR count). The summed E-state index contributed by atoms with van der Waals surface area (Å²) < 4.78 is 2.68. The summed E-state index contributed by atoms with van der Waals surface area (Å²) in [7, 11) is 0. The maximum atomic E-state index is 4.63. The van der Waals surface area contributed by atoms with Crippen molar-refractivity contribution in [2.75, 3.05) is 0 Å². The fraction of sp³-hybridized carbons (Fsp3) is 0. The van der Waals surface area contributed by atoms with E-state index in [1.807, 2.05) is 0 Å². The van der Waals surface area contributed by atoms with Crippen LogP contribution < -0.4 is 5.84 Å². The lowest BCUT2D eigenvalue weighted by Gasteiger charge is -1.60. The molecule has 0 aliphatic carbocycles. The van der Waals surface area contributed by atoms with Crippen molar-refractivity contribution < 1.29 is 0 Å². The van der Waals surface area contributed by atoms with E-state index in [1.165, 1.54) is 0 Å². The van der Waals surface area contributed by atoms with Crippen LogP contribution >= 0.6 is 11.8 Å². The Bertz CT molecular complexity index is 52.3. The lowest BCUT2D eigenvalue weighted by atomic mass is 12.5. The Morgan fingerprint density at radius 3 is 2.17 bits per heavy atom. The van der Waals surface area contributed by atoms with Crippen LogP contribution in [0.2, 0.25) is 0 Å². The monoisotopic (exact) mass is 107 g/mol. The van der Waals surface area contributed by atoms with E-state index in [-0.39, 0.29) is 0 Å². The van der Waals surface area contributed by atoms with Crippen LogP contribution in [0.1, 0.15) is 0 Å². The molecular formula is H2ClN5. The minimum absolute atomic E-state index is 2.68. The van der Waals surface area contributed by atoms with Gasteiger partial charge in [-0.3, -0.25) is 0 Å². The topological polar surface area (TPSA) is 75.5 Å². The maximum absolute atomic E-state index is 4.63. The highest BCUT2D eigenvalue weighted by molar-refractivity contribution is 6.13. The second-order valence-corrected chi connectivity index (χ2v) is 0.521. The van der Waals surface area contributed by atoms with Crippen molar-refractivity contribution in [3.8, 4) is 0 Å². The number of hydrogen-bond donors (Lipinski definition) is 1. The van der Waals surface area contributed by atoms with Gasteiger partial charge in [-0.25, -0.2) is 0 Å². The van der Waals surface area contributed by atoms with Gasteiger partial charge in [-0.15, -0.1) is 0 Å². The van der Waals surface area contributed by atoms with Gasteiger partial charge in [-0.05, 0) is 10.4 Å². The predicted octanol–water partition coefficient (Wildman–Crippen LogP) is 0.833. The first-order valence-electron chi connectivity index (χ1n) is 1.03. The molecule has 6 heavy (non-hydrogen) atoms. The fourth-order valence-electron chi connectivity index (χ4n) is 0.0382. The second kappa shape index (κ2) is 4.29. The number of nitrogens with two attached hydrogens (primary N) is 1. The van der Waals surface area contributed by atoms with E-state index in [4.69, 9.17) is 0 Å². The summed E-state index contributed by atoms with van der Waals surface area (Å²) in [5.74, 6) is 4.46. The van der Waals surface area contributed by atoms with Crippen molar-refractivity contribution in [2.45, 2.75) is 0 Å². The van der Waals surface area contributed by atoms with E-state index >= 15 is 0 Å². The summed E-state index contributed by atoms with van der Waals surface area (Å²) in [6, 6.07) is 0. The lowest BCUT2D eigenvalue weighted by Crippen LogP contribution is -1.70. The summed E-state index contributed by atoms with van der Waals surface area (Å²) in [4.78, 5) is 0. The largest absolute Gasteiger partial charge is 0.303 e. The Morgan fingerprint density at radius 2 is 2.00 bits per heavy atom. The number of hydrogen-bond acceptors (Lipinski definition) is 2. The zero-order valence-electron chi connectivity index (χ0n) is 2.74. The molecule has 0 aromatic heterocycles. The number of rotatable bonds is 1. The number of nitrogens with zero attached hydrogens (tertiary/aromatic N) is 4. The second-order valence-electron chi connectivity index (χ2n) is 0.370. The summed E-state index contributed by atoms with van der Waals surface area (Å²) >= 11 is 4.63. The summed E-state index contributed by atoms with van der Waals surface area (Å²) in [6.07, 6.45) is 0. The average Bonchev–Trinajstić information content (AvgIpc) is 1.61. The van der Waals surface area contributed by atoms with Gasteiger partial charge < -0.3 is 5.84 Å². The van der Waals surface area contributed by atoms with E-state index in [0.29, 0.717) is 0 Å². The van der Waals surface area contributed by atoms with E-state index in [9.17, 15) is 0 Å². The van der Waals surface area contributed by atoms with Gasteiger partial charge in [-0.2, -0.15) is 0 Å². The molecule has 6 heteroatoms. The van der Waals surface area contributed by atoms with Crippen molar-refractivity contribution in [2.24, 2.45) is 26.1 Å². The predicted molar refractivity (Wildman–Crippen MR) is 19.8 cm³/mol. The first kappa shape index (κ1) is 5.29. The Hall–Kier alpha value is -0.710. The van der Waals surface area contributed by atoms with E-state index < -0.39 is 0 Å². The van der Waals surface area contributed by atoms with Gasteiger partial charge >= 0.3 is 0 Å². The smallest absolute Gasteiger partial charge is 0.0622 e. The quantitative estimate of drug-likeness (QED) is 0.301. The van der Waals surface area contributed by atoms with Gasteiger partial charge in [0, 0.05) is 0 Å². The lowest BCUT2D eigenvalue weighted by molar-refractivity contribution is 0.910. The zero-order valence-corrected chi connectivity index (χ0v) is 3.50. The molecule has 0 unspecified atom stereocenters. The summed E-state index contributed by atoms with van der Waals surface area (Å²) in [6.45, 7) is 0. The minimum atomic E-state index is 2.68. The van der Waals surface area contributed by atoms with Gasteiger partial charge in [0.25, 0.3) is 0 Å². The molecule has 0 spiro atoms. The molecule has 0 fully saturated rings. The Balaban J connectivity index is 3.07. The molecule has 0 aliphatic heterocycles. The standard InChI is InChI=1S/ClH2N5/c1-3-5-6-4-2/h(H2,2,3,6). The van der Waals surface area contributed by atoms with Crippen molar-refractivity contribution in [1.29, 1.82) is 0 Å². The molecule has 34 valence electrons. The van der Waals surface area contributed by atoms with E-state index in [0.717, 1.165) is 0 Å². The third-order valence-electron chi connectivity index (χ3n) is 0.125. The van der Waals surface area contributed by atoms with E-state index in [2.05, 4.69) is 37.9 Å². The van der Waals surface area contributed by atoms with Crippen LogP contribution in [-0.2, 0) is 0 Å². The minimum Gasteiger partial charge on any atom is -0.303 e. The van der Waals surface area contributed by atoms with Gasteiger partial charge in [-0.1, -0.05) is 9.86 Å². The molecular weight excluding hydrogens is 105 g/mol. The zero-order chi connectivity index (χ0) is 4.83. The third-order valence-corrected chi connectivity index (χ3v) is 0.193. The summed E-state index contributed by atoms with van der Waals surface area (Å²) in [5, 5.41) is 8.34. The van der Waals surface area contributed by atoms with Crippen LogP contribution in [0.4, 0.5) is 0 Å². The third kappa shape index (κ3) is 3.29. The normalized spacial score (nSPS) is 11.5. The summed E-state index contributed by atoms with van der Waals surface area (Å²) in [5.41, 5.74) is 0. The fourth-order valence-corrected chi connectivity index (χ4v) is 0.0684. The van der Waals surface area contributed by atoms with Gasteiger partial charge in [0.05, 0.1) is 11.8 Å². The van der Waals surface area contributed by atoms with Crippen molar-refractivity contribution in [1.82, 2.24) is 0 Å². The molecule has 2 N–H and O–H groups in total. The van der Waals surface area contributed by atoms with E-state index in [1.54, 1.807) is 0 Å². The molecule has 0 amide bonds. The van der Waals surface area contributed by atoms with Gasteiger partial charge in [0.1, 0.15) is 0 Å². The Labute approximate surface area is 39.0 Å². The van der Waals surface area contributed by atoms with Crippen molar-refractivity contribution in [3.05, 3.63) is 0 Å². The first-order chi connectivity index (χ1) is 2.91. The molecule has 5 nitrogen and oxygen atoms in total. The number of halogens is 1. The highest BCUT2D eigenvalue weighted by atomic mass is 35.5. The average molecular weight is 108 g/mol. The molecule has 0 saturated heterocycles. The maximum Gasteiger partial charge on any atom is 0.0622 e. The van der Waals surface area contributed by atoms with Crippen LogP contribution in [0.5, 0.6) is 0 Å². The molecule has 0 saturated carbocycles. The first-order valence-corrected chi connectivity index (χ1v) is 1.37. The van der Waals surface area contributed by atoms with Crippen LogP contribution in [0, 0.1) is 0 Å². The molecule has 0 heterocycles. The van der Waals surface area contributed by atoms with Gasteiger partial charge in [0.2, 0.25) is 0 Å². The molecule has 0 aliphatic rings. The van der Waals surface area contributed by atoms with Crippen LogP contribution in [-0.4, -0.2) is 0 Å². The van der Waals surface area contributed by atoms with Crippen molar-refractivity contribution >= 4 is 11.8 Å². The van der Waals surface area contributed by atoms with Crippen molar-refractivity contribution in [3.63, 3.8) is 0 Å². The van der Waals surface area contributed by atoms with Crippen LogP contribution in [0.3, 0.4) is 0 Å². The highest BCUT2D eigenvalue weighted by Gasteiger charge is 1.52. The SMILES string of the molecule is N/N=N/N=N/Cl. The van der Waals surface area contributed by atoms with Crippen LogP contribution in [0.25, 0.3) is 0 Å². The highest BCUT2D eigenvalue weighted by Crippen LogP contribution is 1.78. The molecule has 0 radical (unpaired) electrons.